The highest BCUT2D eigenvalue weighted by atomic mass is 19.4. The van der Waals surface area contributed by atoms with Crippen LogP contribution in [-0.4, -0.2) is 27.2 Å². The van der Waals surface area contributed by atoms with Gasteiger partial charge in [-0.15, -0.1) is 0 Å². The van der Waals surface area contributed by atoms with Crippen molar-refractivity contribution in [2.45, 2.75) is 32.2 Å². The quantitative estimate of drug-likeness (QED) is 0.918. The van der Waals surface area contributed by atoms with Crippen molar-refractivity contribution in [3.05, 3.63) is 30.0 Å². The summed E-state index contributed by atoms with van der Waals surface area (Å²) in [6.07, 6.45) is -7.50. The molecular formula is C12H13F3N2O. The van der Waals surface area contributed by atoms with Crippen LogP contribution in [0.25, 0.3) is 10.9 Å². The molecule has 0 saturated heterocycles. The minimum atomic E-state index is -4.61. The first kappa shape index (κ1) is 12.9. The van der Waals surface area contributed by atoms with Gasteiger partial charge in [-0.05, 0) is 13.0 Å². The fourth-order valence-electron chi connectivity index (χ4n) is 1.89. The average Bonchev–Trinajstić information content (AvgIpc) is 2.67. The molecule has 1 atom stereocenters. The molecule has 1 unspecified atom stereocenters. The van der Waals surface area contributed by atoms with Crippen molar-refractivity contribution in [3.8, 4) is 0 Å². The molecule has 0 aliphatic carbocycles. The highest BCUT2D eigenvalue weighted by Gasteiger charge is 2.38. The summed E-state index contributed by atoms with van der Waals surface area (Å²) in [6, 6.07) is 7.07. The van der Waals surface area contributed by atoms with Crippen LogP contribution in [0.2, 0.25) is 0 Å². The van der Waals surface area contributed by atoms with Gasteiger partial charge in [-0.2, -0.15) is 18.3 Å². The Morgan fingerprint density at radius 2 is 2.00 bits per heavy atom. The molecule has 6 heteroatoms. The van der Waals surface area contributed by atoms with E-state index in [-0.39, 0.29) is 5.69 Å². The number of aromatic nitrogens is 2. The molecule has 3 nitrogen and oxygen atoms in total. The second kappa shape index (κ2) is 4.61. The second-order valence-corrected chi connectivity index (χ2v) is 4.04. The van der Waals surface area contributed by atoms with Crippen molar-refractivity contribution >= 4 is 10.9 Å². The fraction of sp³-hybridized carbons (Fsp3) is 0.417. The lowest BCUT2D eigenvalue weighted by atomic mass is 10.1. The number of aliphatic hydroxyl groups is 1. The summed E-state index contributed by atoms with van der Waals surface area (Å²) >= 11 is 0. The summed E-state index contributed by atoms with van der Waals surface area (Å²) in [7, 11) is 0. The molecule has 18 heavy (non-hydrogen) atoms. The van der Waals surface area contributed by atoms with Gasteiger partial charge in [0.05, 0.1) is 11.2 Å². The number of benzene rings is 1. The van der Waals surface area contributed by atoms with Crippen LogP contribution in [0.1, 0.15) is 12.6 Å². The Hall–Kier alpha value is -1.56. The van der Waals surface area contributed by atoms with E-state index in [0.717, 1.165) is 5.52 Å². The third-order valence-corrected chi connectivity index (χ3v) is 2.80. The first-order chi connectivity index (χ1) is 8.43. The van der Waals surface area contributed by atoms with Gasteiger partial charge in [0.25, 0.3) is 0 Å². The molecule has 1 aromatic carbocycles. The minimum absolute atomic E-state index is 0.275. The Kier molecular flexibility index (Phi) is 3.30. The lowest BCUT2D eigenvalue weighted by Gasteiger charge is -2.12. The van der Waals surface area contributed by atoms with Gasteiger partial charge in [0, 0.05) is 18.4 Å². The van der Waals surface area contributed by atoms with E-state index in [1.165, 1.54) is 0 Å². The molecule has 1 aromatic heterocycles. The first-order valence-electron chi connectivity index (χ1n) is 5.62. The number of aryl methyl sites for hydroxylation is 1. The van der Waals surface area contributed by atoms with Gasteiger partial charge in [0.1, 0.15) is 0 Å². The Balaban J connectivity index is 2.40. The highest BCUT2D eigenvalue weighted by Crippen LogP contribution is 2.26. The van der Waals surface area contributed by atoms with Crippen molar-refractivity contribution in [2.75, 3.05) is 0 Å². The number of alkyl halides is 3. The molecule has 2 rings (SSSR count). The van der Waals surface area contributed by atoms with E-state index in [1.54, 1.807) is 28.9 Å². The molecule has 0 amide bonds. The monoisotopic (exact) mass is 258 g/mol. The van der Waals surface area contributed by atoms with E-state index in [9.17, 15) is 13.2 Å². The summed E-state index contributed by atoms with van der Waals surface area (Å²) in [5.74, 6) is 0. The van der Waals surface area contributed by atoms with Crippen molar-refractivity contribution in [3.63, 3.8) is 0 Å². The van der Waals surface area contributed by atoms with Gasteiger partial charge in [-0.3, -0.25) is 4.68 Å². The van der Waals surface area contributed by atoms with Gasteiger partial charge >= 0.3 is 6.18 Å². The van der Waals surface area contributed by atoms with Crippen molar-refractivity contribution in [2.24, 2.45) is 0 Å². The molecule has 0 radical (unpaired) electrons. The Morgan fingerprint density at radius 1 is 1.33 bits per heavy atom. The number of halogens is 3. The molecule has 0 bridgehead atoms. The van der Waals surface area contributed by atoms with Gasteiger partial charge in [-0.1, -0.05) is 18.2 Å². The van der Waals surface area contributed by atoms with Gasteiger partial charge in [0.15, 0.2) is 6.10 Å². The van der Waals surface area contributed by atoms with Crippen LogP contribution in [-0.2, 0) is 13.0 Å². The zero-order chi connectivity index (χ0) is 13.3. The van der Waals surface area contributed by atoms with Crippen LogP contribution in [0.3, 0.4) is 0 Å². The summed E-state index contributed by atoms with van der Waals surface area (Å²) in [5, 5.41) is 13.9. The molecule has 0 aliphatic rings. The number of nitrogens with zero attached hydrogens (tertiary/aromatic N) is 2. The van der Waals surface area contributed by atoms with Crippen LogP contribution in [0.5, 0.6) is 0 Å². The molecule has 2 aromatic rings. The lowest BCUT2D eigenvalue weighted by Crippen LogP contribution is -2.30. The number of rotatable bonds is 3. The lowest BCUT2D eigenvalue weighted by molar-refractivity contribution is -0.203. The van der Waals surface area contributed by atoms with Crippen LogP contribution in [0, 0.1) is 0 Å². The highest BCUT2D eigenvalue weighted by molar-refractivity contribution is 5.82. The van der Waals surface area contributed by atoms with Crippen molar-refractivity contribution in [1.82, 2.24) is 9.78 Å². The van der Waals surface area contributed by atoms with Gasteiger partial charge in [0.2, 0.25) is 0 Å². The largest absolute Gasteiger partial charge is 0.414 e. The normalized spacial score (nSPS) is 14.1. The smallest absolute Gasteiger partial charge is 0.383 e. The van der Waals surface area contributed by atoms with Gasteiger partial charge < -0.3 is 5.11 Å². The molecule has 98 valence electrons. The van der Waals surface area contributed by atoms with E-state index < -0.39 is 18.7 Å². The number of hydrogen-bond donors (Lipinski definition) is 1. The Morgan fingerprint density at radius 3 is 2.61 bits per heavy atom. The minimum Gasteiger partial charge on any atom is -0.383 e. The van der Waals surface area contributed by atoms with Crippen LogP contribution in [0.15, 0.2) is 24.3 Å². The maximum absolute atomic E-state index is 12.3. The summed E-state index contributed by atoms with van der Waals surface area (Å²) in [4.78, 5) is 0. The first-order valence-corrected chi connectivity index (χ1v) is 5.62. The number of hydrogen-bond acceptors (Lipinski definition) is 2. The van der Waals surface area contributed by atoms with Crippen LogP contribution < -0.4 is 0 Å². The predicted octanol–water partition coefficient (Wildman–Crippen LogP) is 2.52. The topological polar surface area (TPSA) is 38.0 Å². The summed E-state index contributed by atoms with van der Waals surface area (Å²) in [6.45, 7) is 2.44. The number of para-hydroxylation sites is 1. The standard InChI is InChI=1S/C12H13F3N2O/c1-2-17-10-6-4-3-5-8(10)9(16-17)7-11(18)12(13,14)15/h3-6,11,18H,2,7H2,1H3. The van der Waals surface area contributed by atoms with Gasteiger partial charge in [-0.25, -0.2) is 0 Å². The van der Waals surface area contributed by atoms with Crippen molar-refractivity contribution in [1.29, 1.82) is 0 Å². The molecule has 0 saturated carbocycles. The second-order valence-electron chi connectivity index (χ2n) is 4.04. The van der Waals surface area contributed by atoms with Crippen LogP contribution >= 0.6 is 0 Å². The third-order valence-electron chi connectivity index (χ3n) is 2.80. The fourth-order valence-corrected chi connectivity index (χ4v) is 1.89. The molecule has 0 spiro atoms. The average molecular weight is 258 g/mol. The van der Waals surface area contributed by atoms with Crippen LogP contribution in [0.4, 0.5) is 13.2 Å². The van der Waals surface area contributed by atoms with E-state index in [1.807, 2.05) is 6.92 Å². The summed E-state index contributed by atoms with van der Waals surface area (Å²) < 4.78 is 38.6. The molecule has 0 aliphatic heterocycles. The van der Waals surface area contributed by atoms with E-state index in [2.05, 4.69) is 5.10 Å². The predicted molar refractivity (Wildman–Crippen MR) is 61.2 cm³/mol. The van der Waals surface area contributed by atoms with Crippen molar-refractivity contribution < 1.29 is 18.3 Å². The molecular weight excluding hydrogens is 245 g/mol. The number of aliphatic hydroxyl groups excluding tert-OH is 1. The van der Waals surface area contributed by atoms with E-state index in [0.29, 0.717) is 11.9 Å². The zero-order valence-electron chi connectivity index (χ0n) is 9.78. The zero-order valence-corrected chi connectivity index (χ0v) is 9.78. The molecule has 1 N–H and O–H groups in total. The van der Waals surface area contributed by atoms with E-state index in [4.69, 9.17) is 5.11 Å². The maximum atomic E-state index is 12.3. The molecule has 0 fully saturated rings. The molecule has 1 heterocycles. The SMILES string of the molecule is CCn1nc(CC(O)C(F)(F)F)c2ccccc21. The third kappa shape index (κ3) is 2.33. The Bertz CT molecular complexity index is 548. The Labute approximate surface area is 102 Å². The number of fused-ring (bicyclic) bond motifs is 1. The maximum Gasteiger partial charge on any atom is 0.414 e. The summed E-state index contributed by atoms with van der Waals surface area (Å²) in [5.41, 5.74) is 1.06. The van der Waals surface area contributed by atoms with E-state index >= 15 is 0 Å².